The smallest absolute Gasteiger partial charge is 0.0441 e. The zero-order chi connectivity index (χ0) is 11.5. The fraction of sp³-hybridized carbons (Fsp3) is 0.538. The van der Waals surface area contributed by atoms with E-state index in [-0.39, 0.29) is 5.54 Å². The number of aryl methyl sites for hydroxylation is 2. The minimum atomic E-state index is 0.0767. The molecule has 84 valence electrons. The van der Waals surface area contributed by atoms with Gasteiger partial charge < -0.3 is 10.6 Å². The number of anilines is 1. The van der Waals surface area contributed by atoms with Crippen LogP contribution in [0.25, 0.3) is 0 Å². The number of rotatable bonds is 4. The third kappa shape index (κ3) is 3.56. The van der Waals surface area contributed by atoms with Gasteiger partial charge in [0.15, 0.2) is 0 Å². The molecule has 0 aliphatic heterocycles. The number of nitrogens with one attached hydrogen (secondary N) is 2. The first-order valence-corrected chi connectivity index (χ1v) is 5.45. The Hall–Kier alpha value is -1.02. The predicted molar refractivity (Wildman–Crippen MR) is 67.5 cm³/mol. The Bertz CT molecular complexity index is 329. The summed E-state index contributed by atoms with van der Waals surface area (Å²) < 4.78 is 0. The molecule has 0 fully saturated rings. The Labute approximate surface area is 93.1 Å². The Morgan fingerprint density at radius 1 is 1.20 bits per heavy atom. The van der Waals surface area contributed by atoms with Gasteiger partial charge in [-0.1, -0.05) is 12.1 Å². The van der Waals surface area contributed by atoms with Gasteiger partial charge in [-0.2, -0.15) is 0 Å². The largest absolute Gasteiger partial charge is 0.379 e. The second-order valence-electron chi connectivity index (χ2n) is 4.86. The van der Waals surface area contributed by atoms with Crippen molar-refractivity contribution in [2.75, 3.05) is 18.9 Å². The van der Waals surface area contributed by atoms with E-state index in [1.54, 1.807) is 0 Å². The fourth-order valence-electron chi connectivity index (χ4n) is 1.72. The molecule has 0 radical (unpaired) electrons. The zero-order valence-corrected chi connectivity index (χ0v) is 10.4. The first-order valence-electron chi connectivity index (χ1n) is 5.45. The standard InChI is InChI=1S/C13H22N2/c1-10-6-7-11(2)12(8-10)15-13(3,4)9-14-5/h6-8,14-15H,9H2,1-5H3. The van der Waals surface area contributed by atoms with E-state index < -0.39 is 0 Å². The highest BCUT2D eigenvalue weighted by Crippen LogP contribution is 2.20. The summed E-state index contributed by atoms with van der Waals surface area (Å²) in [5, 5.41) is 6.77. The molecule has 0 heterocycles. The molecule has 0 aromatic heterocycles. The van der Waals surface area contributed by atoms with E-state index in [0.717, 1.165) is 6.54 Å². The van der Waals surface area contributed by atoms with Gasteiger partial charge in [0.25, 0.3) is 0 Å². The van der Waals surface area contributed by atoms with Crippen LogP contribution < -0.4 is 10.6 Å². The quantitative estimate of drug-likeness (QED) is 0.791. The van der Waals surface area contributed by atoms with Gasteiger partial charge in [-0.15, -0.1) is 0 Å². The summed E-state index contributed by atoms with van der Waals surface area (Å²) in [5.41, 5.74) is 3.90. The van der Waals surface area contributed by atoms with E-state index in [9.17, 15) is 0 Å². The average Bonchev–Trinajstić information content (AvgIpc) is 2.10. The van der Waals surface area contributed by atoms with Crippen molar-refractivity contribution in [3.8, 4) is 0 Å². The van der Waals surface area contributed by atoms with Gasteiger partial charge in [-0.05, 0) is 51.9 Å². The van der Waals surface area contributed by atoms with Crippen molar-refractivity contribution in [1.82, 2.24) is 5.32 Å². The van der Waals surface area contributed by atoms with E-state index in [1.807, 2.05) is 7.05 Å². The van der Waals surface area contributed by atoms with Gasteiger partial charge in [0, 0.05) is 17.8 Å². The Kier molecular flexibility index (Phi) is 3.75. The SMILES string of the molecule is CNCC(C)(C)Nc1cc(C)ccc1C. The summed E-state index contributed by atoms with van der Waals surface area (Å²) >= 11 is 0. The van der Waals surface area contributed by atoms with Crippen LogP contribution in [-0.4, -0.2) is 19.1 Å². The normalized spacial score (nSPS) is 11.5. The molecular formula is C13H22N2. The van der Waals surface area contributed by atoms with E-state index in [2.05, 4.69) is 56.5 Å². The second-order valence-corrected chi connectivity index (χ2v) is 4.86. The molecule has 1 aromatic rings. The third-order valence-corrected chi connectivity index (χ3v) is 2.48. The van der Waals surface area contributed by atoms with Gasteiger partial charge in [0.1, 0.15) is 0 Å². The maximum Gasteiger partial charge on any atom is 0.0441 e. The highest BCUT2D eigenvalue weighted by molar-refractivity contribution is 5.54. The van der Waals surface area contributed by atoms with E-state index in [1.165, 1.54) is 16.8 Å². The number of likely N-dealkylation sites (N-methyl/N-ethyl adjacent to an activating group) is 1. The van der Waals surface area contributed by atoms with Gasteiger partial charge >= 0.3 is 0 Å². The summed E-state index contributed by atoms with van der Waals surface area (Å²) in [5.74, 6) is 0. The van der Waals surface area contributed by atoms with Gasteiger partial charge in [-0.25, -0.2) is 0 Å². The molecule has 1 aromatic carbocycles. The molecule has 2 nitrogen and oxygen atoms in total. The van der Waals surface area contributed by atoms with Crippen LogP contribution in [0.5, 0.6) is 0 Å². The predicted octanol–water partition coefficient (Wildman–Crippen LogP) is 2.71. The second kappa shape index (κ2) is 4.67. The lowest BCUT2D eigenvalue weighted by molar-refractivity contribution is 0.530. The van der Waals surface area contributed by atoms with Gasteiger partial charge in [0.05, 0.1) is 0 Å². The number of hydrogen-bond donors (Lipinski definition) is 2. The van der Waals surface area contributed by atoms with Crippen LogP contribution in [0.2, 0.25) is 0 Å². The van der Waals surface area contributed by atoms with Crippen molar-refractivity contribution in [2.24, 2.45) is 0 Å². The zero-order valence-electron chi connectivity index (χ0n) is 10.4. The van der Waals surface area contributed by atoms with Crippen molar-refractivity contribution in [3.05, 3.63) is 29.3 Å². The molecule has 0 saturated heterocycles. The molecule has 0 bridgehead atoms. The fourth-order valence-corrected chi connectivity index (χ4v) is 1.72. The van der Waals surface area contributed by atoms with Crippen LogP contribution >= 0.6 is 0 Å². The lowest BCUT2D eigenvalue weighted by Gasteiger charge is -2.28. The average molecular weight is 206 g/mol. The summed E-state index contributed by atoms with van der Waals surface area (Å²) in [6.07, 6.45) is 0. The molecule has 0 spiro atoms. The Morgan fingerprint density at radius 3 is 2.47 bits per heavy atom. The van der Waals surface area contributed by atoms with E-state index in [0.29, 0.717) is 0 Å². The highest BCUT2D eigenvalue weighted by atomic mass is 15.0. The minimum absolute atomic E-state index is 0.0767. The van der Waals surface area contributed by atoms with Crippen molar-refractivity contribution >= 4 is 5.69 Å². The third-order valence-electron chi connectivity index (χ3n) is 2.48. The first kappa shape index (κ1) is 12.1. The van der Waals surface area contributed by atoms with Crippen LogP contribution in [0.1, 0.15) is 25.0 Å². The molecule has 0 aliphatic rings. The van der Waals surface area contributed by atoms with Crippen LogP contribution in [-0.2, 0) is 0 Å². The minimum Gasteiger partial charge on any atom is -0.379 e. The van der Waals surface area contributed by atoms with E-state index in [4.69, 9.17) is 0 Å². The molecule has 0 atom stereocenters. The summed E-state index contributed by atoms with van der Waals surface area (Å²) in [6.45, 7) is 9.60. The van der Waals surface area contributed by atoms with Gasteiger partial charge in [0.2, 0.25) is 0 Å². The molecule has 0 unspecified atom stereocenters. The van der Waals surface area contributed by atoms with Crippen molar-refractivity contribution < 1.29 is 0 Å². The van der Waals surface area contributed by atoms with Crippen LogP contribution in [0.4, 0.5) is 5.69 Å². The van der Waals surface area contributed by atoms with Crippen LogP contribution in [0, 0.1) is 13.8 Å². The molecule has 2 heteroatoms. The highest BCUT2D eigenvalue weighted by Gasteiger charge is 2.16. The van der Waals surface area contributed by atoms with Crippen molar-refractivity contribution in [2.45, 2.75) is 33.2 Å². The molecule has 0 saturated carbocycles. The summed E-state index contributed by atoms with van der Waals surface area (Å²) in [4.78, 5) is 0. The number of hydrogen-bond acceptors (Lipinski definition) is 2. The Morgan fingerprint density at radius 2 is 1.87 bits per heavy atom. The van der Waals surface area contributed by atoms with Crippen LogP contribution in [0.15, 0.2) is 18.2 Å². The Balaban J connectivity index is 2.83. The molecule has 2 N–H and O–H groups in total. The topological polar surface area (TPSA) is 24.1 Å². The van der Waals surface area contributed by atoms with Crippen LogP contribution in [0.3, 0.4) is 0 Å². The lowest BCUT2D eigenvalue weighted by Crippen LogP contribution is -2.40. The maximum absolute atomic E-state index is 3.57. The lowest BCUT2D eigenvalue weighted by atomic mass is 10.0. The summed E-state index contributed by atoms with van der Waals surface area (Å²) in [6, 6.07) is 6.51. The summed E-state index contributed by atoms with van der Waals surface area (Å²) in [7, 11) is 1.98. The van der Waals surface area contributed by atoms with Crippen molar-refractivity contribution in [3.63, 3.8) is 0 Å². The van der Waals surface area contributed by atoms with E-state index >= 15 is 0 Å². The molecule has 0 aliphatic carbocycles. The van der Waals surface area contributed by atoms with Crippen molar-refractivity contribution in [1.29, 1.82) is 0 Å². The van der Waals surface area contributed by atoms with Gasteiger partial charge in [-0.3, -0.25) is 0 Å². The number of benzene rings is 1. The molecule has 15 heavy (non-hydrogen) atoms. The monoisotopic (exact) mass is 206 g/mol. The molecule has 0 amide bonds. The first-order chi connectivity index (χ1) is 6.94. The maximum atomic E-state index is 3.57. The molecule has 1 rings (SSSR count). The molecular weight excluding hydrogens is 184 g/mol.